The van der Waals surface area contributed by atoms with Crippen molar-refractivity contribution in [3.8, 4) is 5.75 Å². The van der Waals surface area contributed by atoms with Crippen molar-refractivity contribution < 1.29 is 4.74 Å². The SMILES string of the molecule is COc1ccc(Nc2nc3c4c(n2)n(C2CCCCC2)c(=O)n4CCC3)cc1. The van der Waals surface area contributed by atoms with Gasteiger partial charge < -0.3 is 10.1 Å². The smallest absolute Gasteiger partial charge is 0.330 e. The number of hydrogen-bond donors (Lipinski definition) is 1. The number of ether oxygens (including phenoxy) is 1. The lowest BCUT2D eigenvalue weighted by Gasteiger charge is -2.22. The zero-order chi connectivity index (χ0) is 19.1. The van der Waals surface area contributed by atoms with Crippen LogP contribution in [0.1, 0.15) is 50.3 Å². The van der Waals surface area contributed by atoms with Crippen LogP contribution in [0.5, 0.6) is 5.75 Å². The number of aryl methyl sites for hydroxylation is 2. The van der Waals surface area contributed by atoms with Gasteiger partial charge in [0.15, 0.2) is 5.65 Å². The van der Waals surface area contributed by atoms with Gasteiger partial charge >= 0.3 is 5.69 Å². The summed E-state index contributed by atoms with van der Waals surface area (Å²) >= 11 is 0. The van der Waals surface area contributed by atoms with Crippen molar-refractivity contribution in [2.45, 2.75) is 57.5 Å². The Morgan fingerprint density at radius 1 is 1.07 bits per heavy atom. The first-order chi connectivity index (χ1) is 13.7. The molecule has 146 valence electrons. The third-order valence-corrected chi connectivity index (χ3v) is 5.95. The highest BCUT2D eigenvalue weighted by molar-refractivity contribution is 5.77. The van der Waals surface area contributed by atoms with Crippen LogP contribution in [0.15, 0.2) is 29.1 Å². The van der Waals surface area contributed by atoms with E-state index in [9.17, 15) is 4.79 Å². The van der Waals surface area contributed by atoms with E-state index in [1.807, 2.05) is 33.4 Å². The molecule has 1 aliphatic carbocycles. The van der Waals surface area contributed by atoms with E-state index in [1.54, 1.807) is 7.11 Å². The number of methoxy groups -OCH3 is 1. The highest BCUT2D eigenvalue weighted by Crippen LogP contribution is 2.32. The molecular weight excluding hydrogens is 354 g/mol. The molecule has 1 N–H and O–H groups in total. The Hall–Kier alpha value is -2.83. The molecule has 5 rings (SSSR count). The number of hydrogen-bond acceptors (Lipinski definition) is 5. The van der Waals surface area contributed by atoms with Gasteiger partial charge in [0.1, 0.15) is 11.3 Å². The molecule has 0 atom stereocenters. The molecule has 7 nitrogen and oxygen atoms in total. The zero-order valence-electron chi connectivity index (χ0n) is 16.1. The highest BCUT2D eigenvalue weighted by atomic mass is 16.5. The first-order valence-corrected chi connectivity index (χ1v) is 10.2. The molecule has 28 heavy (non-hydrogen) atoms. The molecular formula is C21H25N5O2. The summed E-state index contributed by atoms with van der Waals surface area (Å²) in [5.74, 6) is 1.36. The Morgan fingerprint density at radius 3 is 2.61 bits per heavy atom. The van der Waals surface area contributed by atoms with Gasteiger partial charge in [0, 0.05) is 18.3 Å². The monoisotopic (exact) mass is 379 g/mol. The second-order valence-electron chi connectivity index (χ2n) is 7.72. The summed E-state index contributed by atoms with van der Waals surface area (Å²) < 4.78 is 9.06. The van der Waals surface area contributed by atoms with E-state index >= 15 is 0 Å². The Kier molecular flexibility index (Phi) is 4.30. The molecule has 7 heteroatoms. The van der Waals surface area contributed by atoms with Crippen LogP contribution in [0.4, 0.5) is 11.6 Å². The van der Waals surface area contributed by atoms with E-state index in [0.717, 1.165) is 60.5 Å². The maximum atomic E-state index is 13.2. The minimum Gasteiger partial charge on any atom is -0.497 e. The van der Waals surface area contributed by atoms with Crippen LogP contribution >= 0.6 is 0 Å². The van der Waals surface area contributed by atoms with Crippen LogP contribution in [0.3, 0.4) is 0 Å². The quantitative estimate of drug-likeness (QED) is 0.746. The van der Waals surface area contributed by atoms with Gasteiger partial charge in [0.25, 0.3) is 0 Å². The average Bonchev–Trinajstić information content (AvgIpc) is 3.02. The van der Waals surface area contributed by atoms with Gasteiger partial charge in [0.05, 0.1) is 12.8 Å². The lowest BCUT2D eigenvalue weighted by molar-refractivity contribution is 0.348. The van der Waals surface area contributed by atoms with Crippen LogP contribution in [-0.2, 0) is 13.0 Å². The minimum atomic E-state index is 0.0822. The van der Waals surface area contributed by atoms with Crippen molar-refractivity contribution >= 4 is 22.8 Å². The van der Waals surface area contributed by atoms with Gasteiger partial charge in [-0.15, -0.1) is 0 Å². The summed E-state index contributed by atoms with van der Waals surface area (Å²) in [5, 5.41) is 3.30. The molecule has 0 saturated heterocycles. The first kappa shape index (κ1) is 17.3. The largest absolute Gasteiger partial charge is 0.497 e. The van der Waals surface area contributed by atoms with Crippen molar-refractivity contribution in [3.05, 3.63) is 40.4 Å². The number of aromatic nitrogens is 4. The van der Waals surface area contributed by atoms with Crippen LogP contribution in [0.25, 0.3) is 11.2 Å². The second-order valence-corrected chi connectivity index (χ2v) is 7.72. The normalized spacial score (nSPS) is 17.0. The minimum absolute atomic E-state index is 0.0822. The Morgan fingerprint density at radius 2 is 1.86 bits per heavy atom. The van der Waals surface area contributed by atoms with Crippen LogP contribution in [0, 0.1) is 0 Å². The summed E-state index contributed by atoms with van der Waals surface area (Å²) in [6, 6.07) is 7.94. The molecule has 3 heterocycles. The third kappa shape index (κ3) is 2.85. The van der Waals surface area contributed by atoms with Crippen molar-refractivity contribution in [2.75, 3.05) is 12.4 Å². The maximum absolute atomic E-state index is 13.2. The summed E-state index contributed by atoms with van der Waals surface area (Å²) in [5.41, 5.74) is 3.67. The topological polar surface area (TPSA) is 74.0 Å². The maximum Gasteiger partial charge on any atom is 0.330 e. The van der Waals surface area contributed by atoms with Gasteiger partial charge in [-0.05, 0) is 49.9 Å². The molecule has 1 aromatic carbocycles. The molecule has 2 aromatic heterocycles. The van der Waals surface area contributed by atoms with Crippen molar-refractivity contribution in [1.82, 2.24) is 19.1 Å². The van der Waals surface area contributed by atoms with E-state index in [0.29, 0.717) is 5.95 Å². The number of imidazole rings is 1. The predicted octanol–water partition coefficient (Wildman–Crippen LogP) is 3.80. The van der Waals surface area contributed by atoms with Gasteiger partial charge in [-0.1, -0.05) is 19.3 Å². The zero-order valence-corrected chi connectivity index (χ0v) is 16.1. The average molecular weight is 379 g/mol. The lowest BCUT2D eigenvalue weighted by atomic mass is 9.95. The van der Waals surface area contributed by atoms with Gasteiger partial charge in [0.2, 0.25) is 5.95 Å². The van der Waals surface area contributed by atoms with Crippen LogP contribution < -0.4 is 15.7 Å². The summed E-state index contributed by atoms with van der Waals surface area (Å²) in [7, 11) is 1.65. The summed E-state index contributed by atoms with van der Waals surface area (Å²) in [4.78, 5) is 22.7. The van der Waals surface area contributed by atoms with E-state index in [2.05, 4.69) is 5.32 Å². The summed E-state index contributed by atoms with van der Waals surface area (Å²) in [6.45, 7) is 0.761. The molecule has 0 unspecified atom stereocenters. The Bertz CT molecular complexity index is 1060. The number of nitrogens with one attached hydrogen (secondary N) is 1. The molecule has 0 amide bonds. The first-order valence-electron chi connectivity index (χ1n) is 10.2. The fraction of sp³-hybridized carbons (Fsp3) is 0.476. The molecule has 3 aromatic rings. The number of rotatable bonds is 4. The molecule has 0 radical (unpaired) electrons. The fourth-order valence-electron chi connectivity index (χ4n) is 4.56. The van der Waals surface area contributed by atoms with Crippen molar-refractivity contribution in [1.29, 1.82) is 0 Å². The molecule has 1 fully saturated rings. The molecule has 1 aliphatic heterocycles. The van der Waals surface area contributed by atoms with Crippen molar-refractivity contribution in [3.63, 3.8) is 0 Å². The summed E-state index contributed by atoms with van der Waals surface area (Å²) in [6.07, 6.45) is 7.55. The number of benzene rings is 1. The molecule has 2 aliphatic rings. The highest BCUT2D eigenvalue weighted by Gasteiger charge is 2.27. The molecule has 0 spiro atoms. The van der Waals surface area contributed by atoms with Gasteiger partial charge in [-0.3, -0.25) is 9.13 Å². The lowest BCUT2D eigenvalue weighted by Crippen LogP contribution is -2.29. The predicted molar refractivity (Wildman–Crippen MR) is 109 cm³/mol. The standard InChI is InChI=1S/C21H25N5O2/c1-28-16-11-9-14(10-12-16)22-20-23-17-8-5-13-25-18(17)19(24-20)26(21(25)27)15-6-3-2-4-7-15/h9-12,15H,2-8,13H2,1H3,(H,22,23,24). The van der Waals surface area contributed by atoms with E-state index < -0.39 is 0 Å². The Labute approximate surface area is 163 Å². The number of anilines is 2. The van der Waals surface area contributed by atoms with Gasteiger partial charge in [-0.25, -0.2) is 9.78 Å². The van der Waals surface area contributed by atoms with Crippen LogP contribution in [0.2, 0.25) is 0 Å². The Balaban J connectivity index is 1.60. The van der Waals surface area contributed by atoms with Gasteiger partial charge in [-0.2, -0.15) is 4.98 Å². The van der Waals surface area contributed by atoms with E-state index in [4.69, 9.17) is 14.7 Å². The molecule has 1 saturated carbocycles. The third-order valence-electron chi connectivity index (χ3n) is 5.95. The van der Waals surface area contributed by atoms with Crippen LogP contribution in [-0.4, -0.2) is 26.2 Å². The van der Waals surface area contributed by atoms with Crippen molar-refractivity contribution in [2.24, 2.45) is 0 Å². The second kappa shape index (κ2) is 6.96. The number of nitrogens with zero attached hydrogens (tertiary/aromatic N) is 4. The van der Waals surface area contributed by atoms with E-state index in [1.165, 1.54) is 19.3 Å². The molecule has 0 bridgehead atoms. The fourth-order valence-corrected chi connectivity index (χ4v) is 4.56. The van der Waals surface area contributed by atoms with E-state index in [-0.39, 0.29) is 11.7 Å².